The fourth-order valence-corrected chi connectivity index (χ4v) is 1.88. The molecule has 0 amide bonds. The molecule has 4 nitrogen and oxygen atoms in total. The molecule has 0 spiro atoms. The highest BCUT2D eigenvalue weighted by molar-refractivity contribution is 5.69. The Morgan fingerprint density at radius 3 is 2.41 bits per heavy atom. The van der Waals surface area contributed by atoms with Crippen molar-refractivity contribution >= 4 is 5.97 Å². The Morgan fingerprint density at radius 2 is 1.94 bits per heavy atom. The zero-order valence-electron chi connectivity index (χ0n) is 11.1. The highest BCUT2D eigenvalue weighted by Crippen LogP contribution is 2.33. The quantitative estimate of drug-likeness (QED) is 0.571. The molecule has 1 fully saturated rings. The van der Waals surface area contributed by atoms with Crippen molar-refractivity contribution in [2.45, 2.75) is 45.6 Å². The van der Waals surface area contributed by atoms with Gasteiger partial charge in [0.15, 0.2) is 0 Å². The third kappa shape index (κ3) is 5.50. The molecule has 1 aliphatic rings. The Hall–Kier alpha value is -0.610. The van der Waals surface area contributed by atoms with Crippen LogP contribution < -0.4 is 0 Å². The van der Waals surface area contributed by atoms with Crippen LogP contribution in [0, 0.1) is 11.8 Å². The molecule has 0 aliphatic heterocycles. The van der Waals surface area contributed by atoms with Crippen LogP contribution in [-0.4, -0.2) is 36.5 Å². The lowest BCUT2D eigenvalue weighted by Gasteiger charge is -2.34. The molecule has 1 rings (SSSR count). The zero-order valence-corrected chi connectivity index (χ0v) is 11.1. The van der Waals surface area contributed by atoms with Crippen LogP contribution in [-0.2, 0) is 14.3 Å². The van der Waals surface area contributed by atoms with E-state index in [-0.39, 0.29) is 12.6 Å². The van der Waals surface area contributed by atoms with Crippen molar-refractivity contribution in [2.75, 3.05) is 19.8 Å². The fraction of sp³-hybridized carbons (Fsp3) is 0.923. The molecule has 100 valence electrons. The minimum absolute atomic E-state index is 0.218. The molecule has 0 bridgehead atoms. The van der Waals surface area contributed by atoms with Gasteiger partial charge in [-0.05, 0) is 45.4 Å². The Morgan fingerprint density at radius 1 is 1.29 bits per heavy atom. The van der Waals surface area contributed by atoms with Crippen molar-refractivity contribution in [3.8, 4) is 0 Å². The molecule has 0 aromatic rings. The molecule has 1 aliphatic carbocycles. The van der Waals surface area contributed by atoms with Gasteiger partial charge in [-0.1, -0.05) is 0 Å². The second-order valence-electron chi connectivity index (χ2n) is 5.69. The van der Waals surface area contributed by atoms with Crippen molar-refractivity contribution in [3.63, 3.8) is 0 Å². The van der Waals surface area contributed by atoms with Crippen molar-refractivity contribution in [2.24, 2.45) is 11.8 Å². The maximum absolute atomic E-state index is 11.4. The highest BCUT2D eigenvalue weighted by Gasteiger charge is 2.30. The molecule has 1 saturated carbocycles. The summed E-state index contributed by atoms with van der Waals surface area (Å²) >= 11 is 0. The molecular weight excluding hydrogens is 220 g/mol. The smallest absolute Gasteiger partial charge is 0.308 e. The van der Waals surface area contributed by atoms with E-state index in [0.29, 0.717) is 31.5 Å². The van der Waals surface area contributed by atoms with Crippen LogP contribution in [0.15, 0.2) is 0 Å². The second-order valence-corrected chi connectivity index (χ2v) is 5.69. The van der Waals surface area contributed by atoms with Crippen LogP contribution in [0.25, 0.3) is 0 Å². The van der Waals surface area contributed by atoms with Crippen LogP contribution in [0.1, 0.15) is 40.0 Å². The van der Waals surface area contributed by atoms with Crippen LogP contribution in [0.5, 0.6) is 0 Å². The molecule has 0 aromatic heterocycles. The SMILES string of the molecule is CC(C)(C)OC(=O)CCOCC1CCC1CO. The Kier molecular flexibility index (Phi) is 5.40. The first-order chi connectivity index (χ1) is 7.92. The normalized spacial score (nSPS) is 24.2. The molecule has 0 radical (unpaired) electrons. The van der Waals surface area contributed by atoms with Crippen molar-refractivity contribution < 1.29 is 19.4 Å². The van der Waals surface area contributed by atoms with Crippen molar-refractivity contribution in [1.29, 1.82) is 0 Å². The van der Waals surface area contributed by atoms with E-state index >= 15 is 0 Å². The van der Waals surface area contributed by atoms with E-state index in [4.69, 9.17) is 14.6 Å². The van der Waals surface area contributed by atoms with Gasteiger partial charge in [-0.15, -0.1) is 0 Å². The monoisotopic (exact) mass is 244 g/mol. The van der Waals surface area contributed by atoms with E-state index < -0.39 is 5.60 Å². The fourth-order valence-electron chi connectivity index (χ4n) is 1.88. The van der Waals surface area contributed by atoms with Gasteiger partial charge >= 0.3 is 5.97 Å². The number of carbonyl (C=O) groups excluding carboxylic acids is 1. The topological polar surface area (TPSA) is 55.8 Å². The summed E-state index contributed by atoms with van der Waals surface area (Å²) in [5.41, 5.74) is -0.424. The highest BCUT2D eigenvalue weighted by atomic mass is 16.6. The summed E-state index contributed by atoms with van der Waals surface area (Å²) in [6.07, 6.45) is 2.52. The second kappa shape index (κ2) is 6.36. The molecule has 0 aromatic carbocycles. The van der Waals surface area contributed by atoms with Gasteiger partial charge < -0.3 is 14.6 Å². The predicted molar refractivity (Wildman–Crippen MR) is 64.6 cm³/mol. The van der Waals surface area contributed by atoms with Gasteiger partial charge in [0, 0.05) is 13.2 Å². The summed E-state index contributed by atoms with van der Waals surface area (Å²) in [4.78, 5) is 11.4. The van der Waals surface area contributed by atoms with Gasteiger partial charge in [0.25, 0.3) is 0 Å². The minimum Gasteiger partial charge on any atom is -0.460 e. The minimum atomic E-state index is -0.424. The number of aliphatic hydroxyl groups excluding tert-OH is 1. The van der Waals surface area contributed by atoms with Gasteiger partial charge in [0.05, 0.1) is 13.0 Å². The van der Waals surface area contributed by atoms with E-state index in [9.17, 15) is 4.79 Å². The molecule has 2 unspecified atom stereocenters. The number of hydrogen-bond acceptors (Lipinski definition) is 4. The van der Waals surface area contributed by atoms with Crippen molar-refractivity contribution in [1.82, 2.24) is 0 Å². The van der Waals surface area contributed by atoms with Crippen LogP contribution in [0.2, 0.25) is 0 Å². The Labute approximate surface area is 103 Å². The summed E-state index contributed by atoms with van der Waals surface area (Å²) in [6, 6.07) is 0. The number of ether oxygens (including phenoxy) is 2. The third-order valence-electron chi connectivity index (χ3n) is 3.01. The summed E-state index contributed by atoms with van der Waals surface area (Å²) in [7, 11) is 0. The molecule has 4 heteroatoms. The van der Waals surface area contributed by atoms with E-state index in [1.165, 1.54) is 0 Å². The van der Waals surface area contributed by atoms with Crippen molar-refractivity contribution in [3.05, 3.63) is 0 Å². The van der Waals surface area contributed by atoms with Crippen LogP contribution >= 0.6 is 0 Å². The maximum atomic E-state index is 11.4. The lowest BCUT2D eigenvalue weighted by atomic mass is 9.75. The lowest BCUT2D eigenvalue weighted by molar-refractivity contribution is -0.156. The zero-order chi connectivity index (χ0) is 12.9. The maximum Gasteiger partial charge on any atom is 0.308 e. The number of carbonyl (C=O) groups is 1. The first-order valence-corrected chi connectivity index (χ1v) is 6.33. The summed E-state index contributed by atoms with van der Waals surface area (Å²) < 4.78 is 10.6. The van der Waals surface area contributed by atoms with Gasteiger partial charge in [-0.2, -0.15) is 0 Å². The molecule has 0 heterocycles. The van der Waals surface area contributed by atoms with Crippen LogP contribution in [0.4, 0.5) is 0 Å². The number of esters is 1. The molecular formula is C13H24O4. The molecule has 0 saturated heterocycles. The van der Waals surface area contributed by atoms with E-state index in [1.807, 2.05) is 20.8 Å². The van der Waals surface area contributed by atoms with E-state index in [1.54, 1.807) is 0 Å². The number of rotatable bonds is 6. The average molecular weight is 244 g/mol. The number of hydrogen-bond donors (Lipinski definition) is 1. The standard InChI is InChI=1S/C13H24O4/c1-13(2,3)17-12(15)6-7-16-9-11-5-4-10(11)8-14/h10-11,14H,4-9H2,1-3H3. The van der Waals surface area contributed by atoms with E-state index in [0.717, 1.165) is 12.8 Å². The number of aliphatic hydroxyl groups is 1. The Balaban J connectivity index is 2.02. The largest absolute Gasteiger partial charge is 0.460 e. The van der Waals surface area contributed by atoms with Gasteiger partial charge in [-0.3, -0.25) is 4.79 Å². The molecule has 17 heavy (non-hydrogen) atoms. The van der Waals surface area contributed by atoms with E-state index in [2.05, 4.69) is 0 Å². The Bertz CT molecular complexity index is 242. The van der Waals surface area contributed by atoms with Gasteiger partial charge in [0.1, 0.15) is 5.60 Å². The summed E-state index contributed by atoms with van der Waals surface area (Å²) in [6.45, 7) is 6.86. The summed E-state index contributed by atoms with van der Waals surface area (Å²) in [5, 5.41) is 9.00. The predicted octanol–water partition coefficient (Wildman–Crippen LogP) is 1.75. The van der Waals surface area contributed by atoms with Gasteiger partial charge in [0.2, 0.25) is 0 Å². The van der Waals surface area contributed by atoms with Gasteiger partial charge in [-0.25, -0.2) is 0 Å². The summed E-state index contributed by atoms with van der Waals surface area (Å²) in [5.74, 6) is 0.653. The molecule has 1 N–H and O–H groups in total. The van der Waals surface area contributed by atoms with Crippen LogP contribution in [0.3, 0.4) is 0 Å². The lowest BCUT2D eigenvalue weighted by Crippen LogP contribution is -2.32. The third-order valence-corrected chi connectivity index (χ3v) is 3.01. The first-order valence-electron chi connectivity index (χ1n) is 6.33. The first kappa shape index (κ1) is 14.5. The average Bonchev–Trinajstić information content (AvgIpc) is 2.13. The molecule has 2 atom stereocenters.